The molecule has 0 amide bonds. The fourth-order valence-corrected chi connectivity index (χ4v) is 1.18. The molecule has 0 aliphatic heterocycles. The molecule has 0 aliphatic carbocycles. The molecule has 0 aliphatic rings. The third kappa shape index (κ3) is 2.51. The van der Waals surface area contributed by atoms with Crippen LogP contribution in [0, 0.1) is 17.0 Å². The van der Waals surface area contributed by atoms with Crippen LogP contribution in [-0.4, -0.2) is 13.7 Å². The van der Waals surface area contributed by atoms with Crippen LogP contribution in [0.15, 0.2) is 18.2 Å². The van der Waals surface area contributed by atoms with E-state index in [1.54, 1.807) is 6.92 Å². The smallest absolute Gasteiger partial charge is 0.276 e. The first-order valence-corrected chi connectivity index (χ1v) is 4.53. The SMILES string of the molecule is Cc1ccc(OS(=O)[O-])cc1[N+](=O)[O-]. The summed E-state index contributed by atoms with van der Waals surface area (Å²) in [5, 5.41) is 10.5. The molecule has 0 saturated heterocycles. The van der Waals surface area contributed by atoms with E-state index in [1.165, 1.54) is 12.1 Å². The van der Waals surface area contributed by atoms with E-state index in [0.717, 1.165) is 6.07 Å². The zero-order valence-corrected chi connectivity index (χ0v) is 7.95. The summed E-state index contributed by atoms with van der Waals surface area (Å²) in [4.78, 5) is 9.85. The number of nitrogens with zero attached hydrogens (tertiary/aromatic N) is 1. The molecule has 0 N–H and O–H groups in total. The average molecular weight is 216 g/mol. The molecule has 0 fully saturated rings. The first-order valence-electron chi connectivity index (χ1n) is 3.53. The van der Waals surface area contributed by atoms with Crippen molar-refractivity contribution in [2.75, 3.05) is 0 Å². The molecule has 0 heterocycles. The Balaban J connectivity index is 3.06. The highest BCUT2D eigenvalue weighted by Crippen LogP contribution is 2.23. The molecule has 76 valence electrons. The maximum atomic E-state index is 10.5. The molecule has 0 saturated carbocycles. The molecule has 14 heavy (non-hydrogen) atoms. The van der Waals surface area contributed by atoms with Crippen molar-refractivity contribution in [1.82, 2.24) is 0 Å². The van der Waals surface area contributed by atoms with Crippen LogP contribution in [0.4, 0.5) is 5.69 Å². The second-order valence-corrected chi connectivity index (χ2v) is 3.07. The highest BCUT2D eigenvalue weighted by Gasteiger charge is 2.11. The van der Waals surface area contributed by atoms with E-state index >= 15 is 0 Å². The van der Waals surface area contributed by atoms with Gasteiger partial charge in [-0.05, 0) is 19.1 Å². The van der Waals surface area contributed by atoms with Gasteiger partial charge in [0.05, 0.1) is 11.0 Å². The Morgan fingerprint density at radius 3 is 2.64 bits per heavy atom. The van der Waals surface area contributed by atoms with Gasteiger partial charge in [0, 0.05) is 5.56 Å². The third-order valence-corrected chi connectivity index (χ3v) is 1.87. The Kier molecular flexibility index (Phi) is 3.15. The minimum absolute atomic E-state index is 0.0735. The molecular formula is C7H6NO5S-. The molecule has 1 atom stereocenters. The van der Waals surface area contributed by atoms with Crippen LogP contribution in [0.1, 0.15) is 5.56 Å². The first kappa shape index (κ1) is 10.6. The Morgan fingerprint density at radius 1 is 1.50 bits per heavy atom. The summed E-state index contributed by atoms with van der Waals surface area (Å²) in [5.74, 6) is -0.0735. The maximum absolute atomic E-state index is 10.5. The van der Waals surface area contributed by atoms with Crippen molar-refractivity contribution >= 4 is 17.0 Å². The van der Waals surface area contributed by atoms with Crippen molar-refractivity contribution in [2.24, 2.45) is 0 Å². The van der Waals surface area contributed by atoms with Crippen LogP contribution in [0.5, 0.6) is 5.75 Å². The number of hydrogen-bond acceptors (Lipinski definition) is 5. The molecule has 0 spiro atoms. The topological polar surface area (TPSA) is 92.5 Å². The molecule has 7 heteroatoms. The van der Waals surface area contributed by atoms with Crippen molar-refractivity contribution in [3.05, 3.63) is 33.9 Å². The van der Waals surface area contributed by atoms with E-state index in [2.05, 4.69) is 4.18 Å². The lowest BCUT2D eigenvalue weighted by Gasteiger charge is -2.06. The number of aryl methyl sites for hydroxylation is 1. The van der Waals surface area contributed by atoms with Gasteiger partial charge >= 0.3 is 0 Å². The van der Waals surface area contributed by atoms with Gasteiger partial charge in [0.1, 0.15) is 17.1 Å². The van der Waals surface area contributed by atoms with E-state index in [-0.39, 0.29) is 11.4 Å². The Hall–Kier alpha value is -1.47. The van der Waals surface area contributed by atoms with Crippen LogP contribution in [0.3, 0.4) is 0 Å². The standard InChI is InChI=1S/C7H7NO5S/c1-5-2-3-6(13-14(11)12)4-7(5)8(9)10/h2-4H,1H3,(H,11,12)/p-1. The van der Waals surface area contributed by atoms with Gasteiger partial charge < -0.3 is 8.74 Å². The largest absolute Gasteiger partial charge is 0.740 e. The van der Waals surface area contributed by atoms with Crippen LogP contribution >= 0.6 is 0 Å². The summed E-state index contributed by atoms with van der Waals surface area (Å²) in [6.45, 7) is 1.55. The zero-order chi connectivity index (χ0) is 10.7. The molecule has 1 unspecified atom stereocenters. The summed E-state index contributed by atoms with van der Waals surface area (Å²) in [7, 11) is 0. The lowest BCUT2D eigenvalue weighted by Crippen LogP contribution is -1.99. The Labute approximate surface area is 82.1 Å². The van der Waals surface area contributed by atoms with E-state index in [0.29, 0.717) is 5.56 Å². The summed E-state index contributed by atoms with van der Waals surface area (Å²) in [6, 6.07) is 3.82. The van der Waals surface area contributed by atoms with Gasteiger partial charge in [-0.25, -0.2) is 4.21 Å². The maximum Gasteiger partial charge on any atom is 0.276 e. The lowest BCUT2D eigenvalue weighted by atomic mass is 10.2. The first-order chi connectivity index (χ1) is 6.50. The van der Waals surface area contributed by atoms with Crippen molar-refractivity contribution in [1.29, 1.82) is 0 Å². The fraction of sp³-hybridized carbons (Fsp3) is 0.143. The van der Waals surface area contributed by atoms with Crippen molar-refractivity contribution in [2.45, 2.75) is 6.92 Å². The lowest BCUT2D eigenvalue weighted by molar-refractivity contribution is -0.385. The van der Waals surface area contributed by atoms with Gasteiger partial charge in [-0.15, -0.1) is 0 Å². The van der Waals surface area contributed by atoms with Gasteiger partial charge in [-0.1, -0.05) is 0 Å². The Bertz CT molecular complexity index is 392. The van der Waals surface area contributed by atoms with Gasteiger partial charge in [-0.3, -0.25) is 10.1 Å². The van der Waals surface area contributed by atoms with Gasteiger partial charge in [-0.2, -0.15) is 0 Å². The van der Waals surface area contributed by atoms with Gasteiger partial charge in [0.15, 0.2) is 0 Å². The molecule has 1 aromatic rings. The molecule has 1 rings (SSSR count). The second kappa shape index (κ2) is 4.16. The summed E-state index contributed by atoms with van der Waals surface area (Å²) >= 11 is -2.72. The third-order valence-electron chi connectivity index (χ3n) is 1.54. The predicted molar refractivity (Wildman–Crippen MR) is 47.4 cm³/mol. The number of hydrogen-bond donors (Lipinski definition) is 0. The van der Waals surface area contributed by atoms with E-state index in [1.807, 2.05) is 0 Å². The molecule has 0 aromatic heterocycles. The molecular weight excluding hydrogens is 210 g/mol. The van der Waals surface area contributed by atoms with Crippen LogP contribution < -0.4 is 4.18 Å². The van der Waals surface area contributed by atoms with Gasteiger partial charge in [0.25, 0.3) is 5.69 Å². The monoisotopic (exact) mass is 216 g/mol. The fourth-order valence-electron chi connectivity index (χ4n) is 0.916. The highest BCUT2D eigenvalue weighted by molar-refractivity contribution is 7.74. The van der Waals surface area contributed by atoms with Crippen LogP contribution in [-0.2, 0) is 11.4 Å². The van der Waals surface area contributed by atoms with Crippen molar-refractivity contribution in [3.8, 4) is 5.75 Å². The van der Waals surface area contributed by atoms with Gasteiger partial charge in [0.2, 0.25) is 0 Å². The van der Waals surface area contributed by atoms with Crippen molar-refractivity contribution in [3.63, 3.8) is 0 Å². The predicted octanol–water partition coefficient (Wildman–Crippen LogP) is 1.08. The van der Waals surface area contributed by atoms with Crippen molar-refractivity contribution < 1.29 is 17.9 Å². The van der Waals surface area contributed by atoms with E-state index in [9.17, 15) is 18.9 Å². The number of benzene rings is 1. The van der Waals surface area contributed by atoms with Crippen LogP contribution in [0.25, 0.3) is 0 Å². The average Bonchev–Trinajstić information content (AvgIpc) is 2.07. The molecule has 1 aromatic carbocycles. The zero-order valence-electron chi connectivity index (χ0n) is 7.13. The van der Waals surface area contributed by atoms with E-state index < -0.39 is 16.3 Å². The molecule has 6 nitrogen and oxygen atoms in total. The quantitative estimate of drug-likeness (QED) is 0.428. The summed E-state index contributed by atoms with van der Waals surface area (Å²) in [5.41, 5.74) is 0.270. The minimum atomic E-state index is -2.72. The highest BCUT2D eigenvalue weighted by atomic mass is 32.2. The second-order valence-electron chi connectivity index (χ2n) is 2.49. The van der Waals surface area contributed by atoms with E-state index in [4.69, 9.17) is 0 Å². The van der Waals surface area contributed by atoms with Crippen LogP contribution in [0.2, 0.25) is 0 Å². The molecule has 0 radical (unpaired) electrons. The normalized spacial score (nSPS) is 12.1. The summed E-state index contributed by atoms with van der Waals surface area (Å²) < 4.78 is 24.6. The number of nitro benzene ring substituents is 1. The Morgan fingerprint density at radius 2 is 2.14 bits per heavy atom. The molecule has 0 bridgehead atoms. The minimum Gasteiger partial charge on any atom is -0.740 e. The summed E-state index contributed by atoms with van der Waals surface area (Å²) in [6.07, 6.45) is 0. The number of nitro groups is 1. The number of rotatable bonds is 3.